The molecule has 1 aliphatic rings. The summed E-state index contributed by atoms with van der Waals surface area (Å²) in [5, 5.41) is 2.92. The average Bonchev–Trinajstić information content (AvgIpc) is 2.69. The van der Waals surface area contributed by atoms with Crippen molar-refractivity contribution in [3.8, 4) is 5.69 Å². The quantitative estimate of drug-likeness (QED) is 0.820. The Morgan fingerprint density at radius 3 is 2.36 bits per heavy atom. The average molecular weight is 386 g/mol. The lowest BCUT2D eigenvalue weighted by Crippen LogP contribution is -2.41. The van der Waals surface area contributed by atoms with Gasteiger partial charge in [0.1, 0.15) is 11.4 Å². The van der Waals surface area contributed by atoms with Gasteiger partial charge in [0.2, 0.25) is 0 Å². The molecule has 0 saturated heterocycles. The lowest BCUT2D eigenvalue weighted by atomic mass is 9.86. The van der Waals surface area contributed by atoms with Crippen molar-refractivity contribution in [2.24, 2.45) is 5.92 Å². The molecule has 1 aromatic carbocycles. The highest BCUT2D eigenvalue weighted by Gasteiger charge is 2.28. The molecule has 0 aliphatic heterocycles. The van der Waals surface area contributed by atoms with Crippen molar-refractivity contribution in [3.63, 3.8) is 0 Å². The van der Waals surface area contributed by atoms with Crippen LogP contribution < -0.4 is 10.9 Å². The van der Waals surface area contributed by atoms with E-state index in [1.165, 1.54) is 35.9 Å². The van der Waals surface area contributed by atoms with E-state index in [2.05, 4.69) is 5.32 Å². The molecule has 1 N–H and O–H groups in total. The number of carbonyl (C=O) groups is 2. The fraction of sp³-hybridized carbons (Fsp3) is 0.381. The van der Waals surface area contributed by atoms with Crippen LogP contribution in [0.1, 0.15) is 41.6 Å². The van der Waals surface area contributed by atoms with Crippen molar-refractivity contribution < 1.29 is 18.7 Å². The van der Waals surface area contributed by atoms with Gasteiger partial charge in [-0.25, -0.2) is 4.39 Å². The van der Waals surface area contributed by atoms with Crippen LogP contribution in [0.4, 0.5) is 4.39 Å². The molecule has 1 amide bonds. The van der Waals surface area contributed by atoms with Gasteiger partial charge in [-0.1, -0.05) is 0 Å². The largest absolute Gasteiger partial charge is 0.469 e. The van der Waals surface area contributed by atoms with E-state index in [-0.39, 0.29) is 23.5 Å². The Hall–Kier alpha value is -2.96. The standard InChI is InChI=1S/C21H23FN2O4/c1-13-11-12-24(17-9-5-15(22)6-10-17)20(26)18(13)19(25)23-16-7-3-14(4-8-16)21(27)28-2/h5-6,9-12,14,16H,3-4,7-8H2,1-2H3,(H,23,25). The molecule has 0 unspecified atom stereocenters. The van der Waals surface area contributed by atoms with Gasteiger partial charge in [-0.05, 0) is 68.5 Å². The van der Waals surface area contributed by atoms with E-state index in [0.717, 1.165) is 0 Å². The first-order valence-corrected chi connectivity index (χ1v) is 9.27. The number of pyridine rings is 1. The summed E-state index contributed by atoms with van der Waals surface area (Å²) in [6.07, 6.45) is 4.17. The highest BCUT2D eigenvalue weighted by molar-refractivity contribution is 5.95. The molecule has 28 heavy (non-hydrogen) atoms. The third kappa shape index (κ3) is 4.13. The molecule has 6 nitrogen and oxygen atoms in total. The summed E-state index contributed by atoms with van der Waals surface area (Å²) in [4.78, 5) is 37.3. The predicted molar refractivity (Wildman–Crippen MR) is 102 cm³/mol. The van der Waals surface area contributed by atoms with Crippen LogP contribution >= 0.6 is 0 Å². The Morgan fingerprint density at radius 1 is 1.11 bits per heavy atom. The first-order chi connectivity index (χ1) is 13.4. The van der Waals surface area contributed by atoms with Gasteiger partial charge < -0.3 is 10.1 Å². The van der Waals surface area contributed by atoms with Crippen LogP contribution in [0.2, 0.25) is 0 Å². The molecule has 0 radical (unpaired) electrons. The summed E-state index contributed by atoms with van der Waals surface area (Å²) < 4.78 is 19.3. The zero-order valence-electron chi connectivity index (χ0n) is 15.9. The first kappa shape index (κ1) is 19.8. The second-order valence-electron chi connectivity index (χ2n) is 7.07. The molecule has 7 heteroatoms. The number of ether oxygens (including phenoxy) is 1. The molecule has 1 heterocycles. The summed E-state index contributed by atoms with van der Waals surface area (Å²) in [6, 6.07) is 7.10. The maximum atomic E-state index is 13.2. The molecule has 1 aliphatic carbocycles. The van der Waals surface area contributed by atoms with Crippen LogP contribution in [-0.4, -0.2) is 29.6 Å². The third-order valence-corrected chi connectivity index (χ3v) is 5.23. The Morgan fingerprint density at radius 2 is 1.75 bits per heavy atom. The lowest BCUT2D eigenvalue weighted by Gasteiger charge is -2.27. The molecule has 3 rings (SSSR count). The maximum Gasteiger partial charge on any atom is 0.308 e. The fourth-order valence-electron chi connectivity index (χ4n) is 3.61. The topological polar surface area (TPSA) is 77.4 Å². The Balaban J connectivity index is 1.77. The highest BCUT2D eigenvalue weighted by Crippen LogP contribution is 2.25. The minimum atomic E-state index is -0.452. The number of carbonyl (C=O) groups excluding carboxylic acids is 2. The van der Waals surface area contributed by atoms with Crippen molar-refractivity contribution in [2.75, 3.05) is 7.11 Å². The number of amides is 1. The smallest absolute Gasteiger partial charge is 0.308 e. The van der Waals surface area contributed by atoms with Gasteiger partial charge in [0.05, 0.1) is 13.0 Å². The van der Waals surface area contributed by atoms with Crippen LogP contribution in [0.25, 0.3) is 5.69 Å². The molecule has 2 aromatic rings. The lowest BCUT2D eigenvalue weighted by molar-refractivity contribution is -0.146. The van der Waals surface area contributed by atoms with E-state index in [1.54, 1.807) is 19.2 Å². The van der Waals surface area contributed by atoms with Gasteiger partial charge in [-0.15, -0.1) is 0 Å². The van der Waals surface area contributed by atoms with E-state index < -0.39 is 17.3 Å². The van der Waals surface area contributed by atoms with Crippen LogP contribution in [0.15, 0.2) is 41.3 Å². The van der Waals surface area contributed by atoms with Crippen molar-refractivity contribution in [3.05, 3.63) is 63.8 Å². The summed E-state index contributed by atoms with van der Waals surface area (Å²) in [5.74, 6) is -1.18. The van der Waals surface area contributed by atoms with Crippen molar-refractivity contribution >= 4 is 11.9 Å². The molecular formula is C21H23FN2O4. The first-order valence-electron chi connectivity index (χ1n) is 9.27. The number of hydrogen-bond acceptors (Lipinski definition) is 4. The Kier molecular flexibility index (Phi) is 5.92. The van der Waals surface area contributed by atoms with Crippen molar-refractivity contribution in [1.82, 2.24) is 9.88 Å². The summed E-state index contributed by atoms with van der Waals surface area (Å²) in [5.41, 5.74) is 0.678. The zero-order valence-corrected chi connectivity index (χ0v) is 15.9. The number of hydrogen-bond donors (Lipinski definition) is 1. The second kappa shape index (κ2) is 8.37. The summed E-state index contributed by atoms with van der Waals surface area (Å²) in [7, 11) is 1.38. The molecule has 0 spiro atoms. The van der Waals surface area contributed by atoms with Crippen LogP contribution in [0, 0.1) is 18.7 Å². The number of nitrogens with one attached hydrogen (secondary N) is 1. The monoisotopic (exact) mass is 386 g/mol. The van der Waals surface area contributed by atoms with Gasteiger partial charge >= 0.3 is 5.97 Å². The van der Waals surface area contributed by atoms with Crippen molar-refractivity contribution in [2.45, 2.75) is 38.6 Å². The molecule has 0 bridgehead atoms. The van der Waals surface area contributed by atoms with E-state index in [4.69, 9.17) is 4.74 Å². The molecule has 1 aromatic heterocycles. The molecule has 0 atom stereocenters. The van der Waals surface area contributed by atoms with Crippen LogP contribution in [0.3, 0.4) is 0 Å². The number of rotatable bonds is 4. The van der Waals surface area contributed by atoms with Crippen molar-refractivity contribution in [1.29, 1.82) is 0 Å². The van der Waals surface area contributed by atoms with Gasteiger partial charge in [-0.2, -0.15) is 0 Å². The van der Waals surface area contributed by atoms with Crippen LogP contribution in [0.5, 0.6) is 0 Å². The minimum absolute atomic E-state index is 0.0712. The highest BCUT2D eigenvalue weighted by atomic mass is 19.1. The number of aryl methyl sites for hydroxylation is 1. The molecule has 148 valence electrons. The Labute approximate surface area is 162 Å². The van der Waals surface area contributed by atoms with E-state index >= 15 is 0 Å². The molecule has 1 fully saturated rings. The van der Waals surface area contributed by atoms with E-state index in [0.29, 0.717) is 36.9 Å². The van der Waals surface area contributed by atoms with Gasteiger partial charge in [0, 0.05) is 17.9 Å². The van der Waals surface area contributed by atoms with Gasteiger partial charge in [-0.3, -0.25) is 19.0 Å². The fourth-order valence-corrected chi connectivity index (χ4v) is 3.61. The number of aromatic nitrogens is 1. The Bertz CT molecular complexity index is 928. The number of benzene rings is 1. The van der Waals surface area contributed by atoms with Crippen LogP contribution in [-0.2, 0) is 9.53 Å². The minimum Gasteiger partial charge on any atom is -0.469 e. The number of esters is 1. The number of methoxy groups -OCH3 is 1. The zero-order chi connectivity index (χ0) is 20.3. The van der Waals surface area contributed by atoms with Gasteiger partial charge in [0.25, 0.3) is 11.5 Å². The molecular weight excluding hydrogens is 363 g/mol. The van der Waals surface area contributed by atoms with Gasteiger partial charge in [0.15, 0.2) is 0 Å². The SMILES string of the molecule is COC(=O)C1CCC(NC(=O)c2c(C)ccn(-c3ccc(F)cc3)c2=O)CC1. The summed E-state index contributed by atoms with van der Waals surface area (Å²) in [6.45, 7) is 1.71. The number of halogens is 1. The second-order valence-corrected chi connectivity index (χ2v) is 7.07. The maximum absolute atomic E-state index is 13.2. The number of nitrogens with zero attached hydrogens (tertiary/aromatic N) is 1. The van der Waals surface area contributed by atoms with E-state index in [1.807, 2.05) is 0 Å². The third-order valence-electron chi connectivity index (χ3n) is 5.23. The normalized spacial score (nSPS) is 19.1. The summed E-state index contributed by atoms with van der Waals surface area (Å²) >= 11 is 0. The van der Waals surface area contributed by atoms with E-state index in [9.17, 15) is 18.8 Å². The predicted octanol–water partition coefficient (Wildman–Crippen LogP) is 2.75. The molecule has 1 saturated carbocycles.